The summed E-state index contributed by atoms with van der Waals surface area (Å²) in [5, 5.41) is 12.7. The molecular weight excluding hydrogens is 324 g/mol. The van der Waals surface area contributed by atoms with E-state index in [0.717, 1.165) is 30.4 Å². The molecule has 1 atom stereocenters. The highest BCUT2D eigenvalue weighted by atomic mass is 16.3. The second-order valence-corrected chi connectivity index (χ2v) is 8.32. The van der Waals surface area contributed by atoms with Gasteiger partial charge < -0.3 is 15.3 Å². The fraction of sp³-hybridized carbons (Fsp3) is 0.524. The number of fused-ring (bicyclic) bond motifs is 1. The number of hydrogen-bond donors (Lipinski definition) is 2. The predicted molar refractivity (Wildman–Crippen MR) is 105 cm³/mol. The molecule has 1 aliphatic heterocycles. The van der Waals surface area contributed by atoms with Crippen molar-refractivity contribution < 1.29 is 5.11 Å². The van der Waals surface area contributed by atoms with Gasteiger partial charge in [-0.05, 0) is 51.2 Å². The van der Waals surface area contributed by atoms with Gasteiger partial charge in [-0.25, -0.2) is 9.97 Å². The molecule has 5 heteroatoms. The number of aliphatic hydroxyl groups is 1. The molecule has 1 saturated carbocycles. The Balaban J connectivity index is 1.71. The van der Waals surface area contributed by atoms with Gasteiger partial charge in [0, 0.05) is 30.1 Å². The van der Waals surface area contributed by atoms with Gasteiger partial charge in [0.1, 0.15) is 17.5 Å². The standard InChI is InChI=1S/C21H28N4O/c1-14(13-26)22-18-10-19(24-20(23-18)15-8-9-15)25-12-17-7-5-4-6-16(17)11-21(25,2)3/h4-7,10,14-15,26H,8-9,11-13H2,1-3H3,(H,22,23,24)/t14-/m0/s1. The van der Waals surface area contributed by atoms with E-state index in [-0.39, 0.29) is 18.2 Å². The van der Waals surface area contributed by atoms with Gasteiger partial charge in [0.15, 0.2) is 0 Å². The maximum Gasteiger partial charge on any atom is 0.136 e. The Morgan fingerprint density at radius 2 is 1.96 bits per heavy atom. The Morgan fingerprint density at radius 1 is 1.23 bits per heavy atom. The van der Waals surface area contributed by atoms with Crippen molar-refractivity contribution >= 4 is 11.6 Å². The van der Waals surface area contributed by atoms with Crippen molar-refractivity contribution in [2.24, 2.45) is 0 Å². The van der Waals surface area contributed by atoms with Crippen molar-refractivity contribution in [3.8, 4) is 0 Å². The van der Waals surface area contributed by atoms with Crippen LogP contribution in [0, 0.1) is 0 Å². The SMILES string of the molecule is C[C@@H](CO)Nc1cc(N2Cc3ccccc3CC2(C)C)nc(C2CC2)n1. The topological polar surface area (TPSA) is 61.3 Å². The number of rotatable bonds is 5. The molecule has 1 fully saturated rings. The number of benzene rings is 1. The molecule has 0 amide bonds. The van der Waals surface area contributed by atoms with Crippen LogP contribution in [0.15, 0.2) is 30.3 Å². The van der Waals surface area contributed by atoms with Crippen LogP contribution in [-0.2, 0) is 13.0 Å². The molecule has 0 spiro atoms. The minimum absolute atomic E-state index is 0.0105. The number of anilines is 2. The average Bonchev–Trinajstić information content (AvgIpc) is 3.45. The normalized spacial score (nSPS) is 19.8. The number of nitrogens with zero attached hydrogens (tertiary/aromatic N) is 3. The molecule has 0 saturated heterocycles. The van der Waals surface area contributed by atoms with Crippen molar-refractivity contribution in [2.75, 3.05) is 16.8 Å². The van der Waals surface area contributed by atoms with Gasteiger partial charge in [0.05, 0.1) is 6.61 Å². The van der Waals surface area contributed by atoms with Crippen LogP contribution >= 0.6 is 0 Å². The molecule has 138 valence electrons. The van der Waals surface area contributed by atoms with E-state index in [1.54, 1.807) is 0 Å². The highest BCUT2D eigenvalue weighted by molar-refractivity contribution is 5.54. The minimum Gasteiger partial charge on any atom is -0.394 e. The first-order chi connectivity index (χ1) is 12.5. The van der Waals surface area contributed by atoms with Crippen molar-refractivity contribution in [2.45, 2.75) is 64.1 Å². The van der Waals surface area contributed by atoms with Crippen molar-refractivity contribution in [3.05, 3.63) is 47.3 Å². The van der Waals surface area contributed by atoms with Crippen LogP contribution in [0.4, 0.5) is 11.6 Å². The fourth-order valence-electron chi connectivity index (χ4n) is 3.71. The molecule has 4 rings (SSSR count). The van der Waals surface area contributed by atoms with Crippen molar-refractivity contribution in [3.63, 3.8) is 0 Å². The van der Waals surface area contributed by atoms with Crippen LogP contribution < -0.4 is 10.2 Å². The van der Waals surface area contributed by atoms with E-state index >= 15 is 0 Å². The first-order valence-corrected chi connectivity index (χ1v) is 9.57. The molecule has 2 aliphatic rings. The van der Waals surface area contributed by atoms with E-state index in [9.17, 15) is 5.11 Å². The van der Waals surface area contributed by atoms with Crippen LogP contribution in [0.5, 0.6) is 0 Å². The van der Waals surface area contributed by atoms with Crippen LogP contribution in [0.2, 0.25) is 0 Å². The summed E-state index contributed by atoms with van der Waals surface area (Å²) in [4.78, 5) is 12.0. The highest BCUT2D eigenvalue weighted by Crippen LogP contribution is 2.41. The van der Waals surface area contributed by atoms with Gasteiger partial charge in [0.25, 0.3) is 0 Å². The third-order valence-corrected chi connectivity index (χ3v) is 5.42. The zero-order valence-corrected chi connectivity index (χ0v) is 15.9. The Kier molecular flexibility index (Phi) is 4.35. The average molecular weight is 352 g/mol. The predicted octanol–water partition coefficient (Wildman–Crippen LogP) is 3.49. The molecule has 0 radical (unpaired) electrons. The summed E-state index contributed by atoms with van der Waals surface area (Å²) < 4.78 is 0. The third-order valence-electron chi connectivity index (χ3n) is 5.42. The van der Waals surface area contributed by atoms with Crippen LogP contribution in [0.25, 0.3) is 0 Å². The smallest absolute Gasteiger partial charge is 0.136 e. The van der Waals surface area contributed by atoms with Gasteiger partial charge in [0.2, 0.25) is 0 Å². The zero-order chi connectivity index (χ0) is 18.3. The second kappa shape index (κ2) is 6.54. The first-order valence-electron chi connectivity index (χ1n) is 9.57. The van der Waals surface area contributed by atoms with E-state index < -0.39 is 0 Å². The molecule has 1 aromatic carbocycles. The lowest BCUT2D eigenvalue weighted by Crippen LogP contribution is -2.49. The van der Waals surface area contributed by atoms with Crippen molar-refractivity contribution in [1.29, 1.82) is 0 Å². The Labute approximate surface area is 155 Å². The van der Waals surface area contributed by atoms with Crippen LogP contribution in [0.1, 0.15) is 56.5 Å². The maximum absolute atomic E-state index is 9.38. The van der Waals surface area contributed by atoms with Crippen molar-refractivity contribution in [1.82, 2.24) is 9.97 Å². The second-order valence-electron chi connectivity index (χ2n) is 8.32. The Morgan fingerprint density at radius 3 is 2.65 bits per heavy atom. The largest absolute Gasteiger partial charge is 0.394 e. The number of aliphatic hydroxyl groups excluding tert-OH is 1. The molecule has 26 heavy (non-hydrogen) atoms. The highest BCUT2D eigenvalue weighted by Gasteiger charge is 2.35. The fourth-order valence-corrected chi connectivity index (χ4v) is 3.71. The van der Waals surface area contributed by atoms with Crippen LogP contribution in [-0.4, -0.2) is 33.3 Å². The van der Waals surface area contributed by atoms with Gasteiger partial charge in [-0.3, -0.25) is 0 Å². The maximum atomic E-state index is 9.38. The summed E-state index contributed by atoms with van der Waals surface area (Å²) in [7, 11) is 0. The lowest BCUT2D eigenvalue weighted by atomic mass is 9.85. The molecule has 1 aromatic heterocycles. The van der Waals surface area contributed by atoms with E-state index in [1.165, 1.54) is 24.0 Å². The van der Waals surface area contributed by atoms with Gasteiger partial charge in [-0.1, -0.05) is 24.3 Å². The number of aromatic nitrogens is 2. The minimum atomic E-state index is -0.0279. The summed E-state index contributed by atoms with van der Waals surface area (Å²) in [6.07, 6.45) is 3.34. The molecule has 2 aromatic rings. The lowest BCUT2D eigenvalue weighted by Gasteiger charge is -2.44. The number of nitrogens with one attached hydrogen (secondary N) is 1. The quantitative estimate of drug-likeness (QED) is 0.862. The molecule has 2 N–H and O–H groups in total. The molecule has 0 unspecified atom stereocenters. The Bertz CT molecular complexity index is 800. The van der Waals surface area contributed by atoms with E-state index in [4.69, 9.17) is 9.97 Å². The lowest BCUT2D eigenvalue weighted by molar-refractivity contribution is 0.281. The monoisotopic (exact) mass is 352 g/mol. The van der Waals surface area contributed by atoms with E-state index in [1.807, 2.05) is 13.0 Å². The molecular formula is C21H28N4O. The van der Waals surface area contributed by atoms with E-state index in [2.05, 4.69) is 48.3 Å². The first kappa shape index (κ1) is 17.3. The summed E-state index contributed by atoms with van der Waals surface area (Å²) in [5.41, 5.74) is 2.79. The van der Waals surface area contributed by atoms with Gasteiger partial charge in [-0.15, -0.1) is 0 Å². The summed E-state index contributed by atoms with van der Waals surface area (Å²) in [6.45, 7) is 7.47. The van der Waals surface area contributed by atoms with Crippen LogP contribution in [0.3, 0.4) is 0 Å². The Hall–Kier alpha value is -2.14. The summed E-state index contributed by atoms with van der Waals surface area (Å²) >= 11 is 0. The number of hydrogen-bond acceptors (Lipinski definition) is 5. The van der Waals surface area contributed by atoms with Gasteiger partial charge in [-0.2, -0.15) is 0 Å². The van der Waals surface area contributed by atoms with Gasteiger partial charge >= 0.3 is 0 Å². The molecule has 1 aliphatic carbocycles. The molecule has 0 bridgehead atoms. The third kappa shape index (κ3) is 3.40. The summed E-state index contributed by atoms with van der Waals surface area (Å²) in [5.74, 6) is 3.21. The summed E-state index contributed by atoms with van der Waals surface area (Å²) in [6, 6.07) is 10.7. The zero-order valence-electron chi connectivity index (χ0n) is 15.9. The molecule has 2 heterocycles. The van der Waals surface area contributed by atoms with E-state index in [0.29, 0.717) is 5.92 Å². The molecule has 5 nitrogen and oxygen atoms in total.